The molecule has 0 bridgehead atoms. The summed E-state index contributed by atoms with van der Waals surface area (Å²) in [5, 5.41) is 13.1. The normalized spacial score (nSPS) is 10.0. The summed E-state index contributed by atoms with van der Waals surface area (Å²) in [4.78, 5) is 15.8. The molecule has 0 aliphatic rings. The first-order valence-electron chi connectivity index (χ1n) is 5.32. The molecular weight excluding hydrogens is 252 g/mol. The van der Waals surface area contributed by atoms with E-state index in [0.717, 1.165) is 0 Å². The van der Waals surface area contributed by atoms with E-state index in [1.807, 2.05) is 0 Å². The molecule has 0 aliphatic carbocycles. The molecule has 100 valence electrons. The van der Waals surface area contributed by atoms with Gasteiger partial charge in [0.1, 0.15) is 18.6 Å². The molecule has 0 atom stereocenters. The zero-order valence-corrected chi connectivity index (χ0v) is 10.4. The summed E-state index contributed by atoms with van der Waals surface area (Å²) in [6, 6.07) is 3.26. The quantitative estimate of drug-likeness (QED) is 0.792. The maximum absolute atomic E-state index is 11.8. The Kier molecular flexibility index (Phi) is 3.86. The second-order valence-electron chi connectivity index (χ2n) is 3.47. The summed E-state index contributed by atoms with van der Waals surface area (Å²) >= 11 is 0. The number of tetrazole rings is 1. The fourth-order valence-electron chi connectivity index (χ4n) is 1.38. The number of methoxy groups -OCH3 is 2. The van der Waals surface area contributed by atoms with Gasteiger partial charge in [-0.1, -0.05) is 0 Å². The van der Waals surface area contributed by atoms with Gasteiger partial charge in [0.2, 0.25) is 17.7 Å². The van der Waals surface area contributed by atoms with Crippen LogP contribution in [0, 0.1) is 0 Å². The summed E-state index contributed by atoms with van der Waals surface area (Å²) in [5.41, 5.74) is 0.446. The van der Waals surface area contributed by atoms with Gasteiger partial charge in [-0.15, -0.1) is 5.10 Å². The van der Waals surface area contributed by atoms with Gasteiger partial charge < -0.3 is 14.8 Å². The molecule has 0 unspecified atom stereocenters. The van der Waals surface area contributed by atoms with Gasteiger partial charge in [-0.3, -0.25) is 4.79 Å². The van der Waals surface area contributed by atoms with Gasteiger partial charge >= 0.3 is 0 Å². The Morgan fingerprint density at radius 2 is 2.21 bits per heavy atom. The summed E-state index contributed by atoms with van der Waals surface area (Å²) < 4.78 is 11.3. The van der Waals surface area contributed by atoms with E-state index in [9.17, 15) is 4.79 Å². The molecule has 0 spiro atoms. The van der Waals surface area contributed by atoms with Crippen LogP contribution >= 0.6 is 0 Å². The number of ether oxygens (including phenoxy) is 2. The number of pyridine rings is 1. The smallest absolute Gasteiger partial charge is 0.246 e. The second-order valence-corrected chi connectivity index (χ2v) is 3.47. The third kappa shape index (κ3) is 3.15. The van der Waals surface area contributed by atoms with Crippen LogP contribution in [0.1, 0.15) is 0 Å². The zero-order valence-electron chi connectivity index (χ0n) is 10.4. The average Bonchev–Trinajstić information content (AvgIpc) is 2.91. The molecule has 0 fully saturated rings. The lowest BCUT2D eigenvalue weighted by Crippen LogP contribution is -2.19. The van der Waals surface area contributed by atoms with Crippen LogP contribution in [0.25, 0.3) is 0 Å². The molecule has 1 N–H and O–H groups in total. The molecule has 0 radical (unpaired) electrons. The maximum Gasteiger partial charge on any atom is 0.246 e. The Balaban J connectivity index is 2.07. The lowest BCUT2D eigenvalue weighted by Gasteiger charge is -2.10. The highest BCUT2D eigenvalue weighted by molar-refractivity contribution is 5.91. The highest BCUT2D eigenvalue weighted by Crippen LogP contribution is 2.24. The van der Waals surface area contributed by atoms with E-state index < -0.39 is 0 Å². The van der Waals surface area contributed by atoms with Gasteiger partial charge in [0.25, 0.3) is 0 Å². The number of carbonyl (C=O) groups excluding carboxylic acids is 1. The number of carbonyl (C=O) groups is 1. The Hall–Kier alpha value is -2.71. The van der Waals surface area contributed by atoms with Gasteiger partial charge in [-0.2, -0.15) is 4.98 Å². The molecule has 2 rings (SSSR count). The van der Waals surface area contributed by atoms with Crippen LogP contribution in [0.15, 0.2) is 18.5 Å². The number of hydrogen-bond acceptors (Lipinski definition) is 7. The van der Waals surface area contributed by atoms with Crippen molar-refractivity contribution in [2.45, 2.75) is 6.54 Å². The van der Waals surface area contributed by atoms with Crippen molar-refractivity contribution < 1.29 is 14.3 Å². The lowest BCUT2D eigenvalue weighted by atomic mass is 10.4. The molecule has 19 heavy (non-hydrogen) atoms. The van der Waals surface area contributed by atoms with Crippen molar-refractivity contribution in [3.05, 3.63) is 18.5 Å². The number of rotatable bonds is 5. The first-order chi connectivity index (χ1) is 9.22. The van der Waals surface area contributed by atoms with Crippen LogP contribution < -0.4 is 14.8 Å². The predicted molar refractivity (Wildman–Crippen MR) is 63.8 cm³/mol. The molecule has 0 saturated carbocycles. The van der Waals surface area contributed by atoms with Gasteiger partial charge in [-0.05, 0) is 16.5 Å². The number of aromatic nitrogens is 5. The minimum atomic E-state index is -0.294. The van der Waals surface area contributed by atoms with E-state index in [1.165, 1.54) is 25.2 Å². The van der Waals surface area contributed by atoms with Gasteiger partial charge in [-0.25, -0.2) is 4.68 Å². The molecule has 0 aromatic carbocycles. The van der Waals surface area contributed by atoms with Gasteiger partial charge in [0, 0.05) is 6.07 Å². The Bertz CT molecular complexity index is 556. The van der Waals surface area contributed by atoms with Crippen molar-refractivity contribution in [2.75, 3.05) is 19.5 Å². The number of amides is 1. The third-order valence-corrected chi connectivity index (χ3v) is 2.21. The van der Waals surface area contributed by atoms with E-state index in [4.69, 9.17) is 9.47 Å². The van der Waals surface area contributed by atoms with Crippen molar-refractivity contribution in [2.24, 2.45) is 0 Å². The second kappa shape index (κ2) is 5.76. The van der Waals surface area contributed by atoms with Crippen LogP contribution in [-0.4, -0.2) is 45.3 Å². The molecule has 9 heteroatoms. The fraction of sp³-hybridized carbons (Fsp3) is 0.300. The van der Waals surface area contributed by atoms with Crippen molar-refractivity contribution >= 4 is 11.6 Å². The highest BCUT2D eigenvalue weighted by Gasteiger charge is 2.11. The average molecular weight is 264 g/mol. The first kappa shape index (κ1) is 12.7. The van der Waals surface area contributed by atoms with Gasteiger partial charge in [0.15, 0.2) is 0 Å². The highest BCUT2D eigenvalue weighted by atomic mass is 16.5. The maximum atomic E-state index is 11.8. The van der Waals surface area contributed by atoms with Crippen LogP contribution in [0.5, 0.6) is 11.8 Å². The molecule has 0 aliphatic heterocycles. The Labute approximate surface area is 108 Å². The largest absolute Gasteiger partial charge is 0.481 e. The standard InChI is InChI=1S/C10H12N6O3/c1-18-9-4-3-7(10(13-9)19-2)12-8(17)5-16-6-11-14-15-16/h3-4,6H,5H2,1-2H3,(H,12,17). The van der Waals surface area contributed by atoms with Crippen LogP contribution in [0.2, 0.25) is 0 Å². The predicted octanol–water partition coefficient (Wildman–Crippen LogP) is -0.276. The molecule has 1 amide bonds. The molecule has 2 aromatic heterocycles. The molecular formula is C10H12N6O3. The topological polar surface area (TPSA) is 104 Å². The van der Waals surface area contributed by atoms with E-state index in [0.29, 0.717) is 11.6 Å². The van der Waals surface area contributed by atoms with E-state index in [-0.39, 0.29) is 18.3 Å². The van der Waals surface area contributed by atoms with E-state index >= 15 is 0 Å². The summed E-state index contributed by atoms with van der Waals surface area (Å²) in [5.74, 6) is 0.373. The zero-order chi connectivity index (χ0) is 13.7. The number of nitrogens with zero attached hydrogens (tertiary/aromatic N) is 5. The lowest BCUT2D eigenvalue weighted by molar-refractivity contribution is -0.116. The van der Waals surface area contributed by atoms with Crippen LogP contribution in [-0.2, 0) is 11.3 Å². The molecule has 9 nitrogen and oxygen atoms in total. The first-order valence-corrected chi connectivity index (χ1v) is 5.32. The SMILES string of the molecule is COc1ccc(NC(=O)Cn2cnnn2)c(OC)n1. The minimum absolute atomic E-state index is 0.00217. The molecule has 2 aromatic rings. The van der Waals surface area contributed by atoms with Crippen LogP contribution in [0.3, 0.4) is 0 Å². The van der Waals surface area contributed by atoms with E-state index in [2.05, 4.69) is 25.8 Å². The van der Waals surface area contributed by atoms with Crippen molar-refractivity contribution in [3.8, 4) is 11.8 Å². The summed E-state index contributed by atoms with van der Waals surface area (Å²) in [6.07, 6.45) is 1.35. The Morgan fingerprint density at radius 1 is 1.37 bits per heavy atom. The number of nitrogens with one attached hydrogen (secondary N) is 1. The summed E-state index contributed by atoms with van der Waals surface area (Å²) in [6.45, 7) is 0.00217. The van der Waals surface area contributed by atoms with Crippen molar-refractivity contribution in [1.82, 2.24) is 25.2 Å². The molecule has 0 saturated heterocycles. The minimum Gasteiger partial charge on any atom is -0.481 e. The summed E-state index contributed by atoms with van der Waals surface area (Å²) in [7, 11) is 2.95. The number of anilines is 1. The fourth-order valence-corrected chi connectivity index (χ4v) is 1.38. The third-order valence-electron chi connectivity index (χ3n) is 2.21. The van der Waals surface area contributed by atoms with Gasteiger partial charge in [0.05, 0.1) is 14.2 Å². The number of hydrogen-bond donors (Lipinski definition) is 1. The van der Waals surface area contributed by atoms with Crippen LogP contribution in [0.4, 0.5) is 5.69 Å². The van der Waals surface area contributed by atoms with E-state index in [1.54, 1.807) is 12.1 Å². The van der Waals surface area contributed by atoms with Crippen molar-refractivity contribution in [1.29, 1.82) is 0 Å². The molecule has 2 heterocycles. The Morgan fingerprint density at radius 3 is 2.84 bits per heavy atom. The van der Waals surface area contributed by atoms with Crippen molar-refractivity contribution in [3.63, 3.8) is 0 Å². The monoisotopic (exact) mass is 264 g/mol.